The molecule has 1 N–H and O–H groups in total. The van der Waals surface area contributed by atoms with E-state index in [2.05, 4.69) is 4.52 Å². The Kier molecular flexibility index (Phi) is 4.27. The van der Waals surface area contributed by atoms with Gasteiger partial charge in [0, 0.05) is 10.1 Å². The van der Waals surface area contributed by atoms with Crippen molar-refractivity contribution in [1.29, 1.82) is 0 Å². The number of carbonyl (C=O) groups excluding carboxylic acids is 1. The SMILES string of the molecule is CC(C)(O[P+](=O)O)C(=O)C(F)(F)c1ccccc1. The Bertz CT molecular complexity index is 459. The van der Waals surface area contributed by atoms with E-state index in [-0.39, 0.29) is 0 Å². The number of ketones is 1. The standard InChI is InChI=1S/C11H11F2O4P/c1-10(2,17-18(15)16)9(14)11(12,13)8-6-4-3-5-7-8/h3-7H,1-2H3/p+1. The van der Waals surface area contributed by atoms with Crippen molar-refractivity contribution in [2.75, 3.05) is 0 Å². The minimum Gasteiger partial charge on any atom is -0.289 e. The maximum Gasteiger partial charge on any atom is 0.695 e. The number of carbonyl (C=O) groups is 1. The molecule has 1 aromatic rings. The molecule has 4 nitrogen and oxygen atoms in total. The Labute approximate surface area is 104 Å². The van der Waals surface area contributed by atoms with E-state index < -0.39 is 31.1 Å². The molecule has 18 heavy (non-hydrogen) atoms. The minimum absolute atomic E-state index is 0.486. The molecule has 0 amide bonds. The predicted molar refractivity (Wildman–Crippen MR) is 60.3 cm³/mol. The van der Waals surface area contributed by atoms with Crippen LogP contribution in [-0.4, -0.2) is 16.3 Å². The van der Waals surface area contributed by atoms with Crippen molar-refractivity contribution in [1.82, 2.24) is 0 Å². The molecule has 98 valence electrons. The fourth-order valence-electron chi connectivity index (χ4n) is 1.39. The van der Waals surface area contributed by atoms with Crippen molar-refractivity contribution in [3.05, 3.63) is 35.9 Å². The van der Waals surface area contributed by atoms with E-state index >= 15 is 0 Å². The first kappa shape index (κ1) is 14.8. The van der Waals surface area contributed by atoms with Gasteiger partial charge in [0.05, 0.1) is 0 Å². The van der Waals surface area contributed by atoms with Crippen LogP contribution in [0.2, 0.25) is 0 Å². The van der Waals surface area contributed by atoms with Gasteiger partial charge in [0.2, 0.25) is 5.78 Å². The normalized spacial score (nSPS) is 13.3. The molecular formula is C11H12F2O4P+. The third-order valence-electron chi connectivity index (χ3n) is 2.27. The molecule has 0 aliphatic heterocycles. The number of hydrogen-bond acceptors (Lipinski definition) is 3. The fourth-order valence-corrected chi connectivity index (χ4v) is 1.87. The van der Waals surface area contributed by atoms with Gasteiger partial charge in [0.1, 0.15) is 0 Å². The predicted octanol–water partition coefficient (Wildman–Crippen LogP) is 2.79. The van der Waals surface area contributed by atoms with Gasteiger partial charge >= 0.3 is 14.2 Å². The van der Waals surface area contributed by atoms with Gasteiger partial charge in [0.15, 0.2) is 5.60 Å². The summed E-state index contributed by atoms with van der Waals surface area (Å²) in [5.74, 6) is -5.35. The monoisotopic (exact) mass is 277 g/mol. The van der Waals surface area contributed by atoms with Crippen LogP contribution in [0.15, 0.2) is 30.3 Å². The van der Waals surface area contributed by atoms with Gasteiger partial charge < -0.3 is 0 Å². The molecule has 0 heterocycles. The second kappa shape index (κ2) is 5.18. The third kappa shape index (κ3) is 3.16. The van der Waals surface area contributed by atoms with Gasteiger partial charge in [-0.05, 0) is 13.8 Å². The lowest BCUT2D eigenvalue weighted by atomic mass is 9.93. The van der Waals surface area contributed by atoms with Crippen LogP contribution in [0.4, 0.5) is 8.78 Å². The summed E-state index contributed by atoms with van der Waals surface area (Å²) in [5, 5.41) is 0. The molecule has 0 radical (unpaired) electrons. The summed E-state index contributed by atoms with van der Waals surface area (Å²) in [5.41, 5.74) is -2.54. The highest BCUT2D eigenvalue weighted by Crippen LogP contribution is 2.37. The molecular weight excluding hydrogens is 265 g/mol. The van der Waals surface area contributed by atoms with Gasteiger partial charge in [-0.3, -0.25) is 4.79 Å². The number of halogens is 2. The molecule has 1 unspecified atom stereocenters. The molecule has 0 bridgehead atoms. The first-order chi connectivity index (χ1) is 8.18. The average Bonchev–Trinajstić information content (AvgIpc) is 2.27. The van der Waals surface area contributed by atoms with Crippen molar-refractivity contribution >= 4 is 14.0 Å². The lowest BCUT2D eigenvalue weighted by Gasteiger charge is -2.22. The van der Waals surface area contributed by atoms with Crippen LogP contribution in [0.25, 0.3) is 0 Å². The highest BCUT2D eigenvalue weighted by Gasteiger charge is 2.52. The van der Waals surface area contributed by atoms with Crippen molar-refractivity contribution < 1.29 is 27.6 Å². The van der Waals surface area contributed by atoms with Gasteiger partial charge in [-0.1, -0.05) is 30.3 Å². The number of Topliss-reactive ketones (excluding diaryl/α,β-unsaturated/α-hetero) is 1. The first-order valence-corrected chi connectivity index (χ1v) is 6.14. The molecule has 0 aromatic heterocycles. The molecule has 0 saturated heterocycles. The molecule has 0 aliphatic rings. The number of rotatable bonds is 5. The van der Waals surface area contributed by atoms with Crippen LogP contribution < -0.4 is 0 Å². The van der Waals surface area contributed by atoms with Gasteiger partial charge in [-0.25, -0.2) is 0 Å². The zero-order chi connectivity index (χ0) is 14.0. The molecule has 1 rings (SSSR count). The molecule has 0 fully saturated rings. The van der Waals surface area contributed by atoms with Gasteiger partial charge in [0.25, 0.3) is 0 Å². The van der Waals surface area contributed by atoms with Crippen molar-refractivity contribution in [3.8, 4) is 0 Å². The summed E-state index contributed by atoms with van der Waals surface area (Å²) in [6, 6.07) is 6.49. The molecule has 1 aromatic carbocycles. The fraction of sp³-hybridized carbons (Fsp3) is 0.364. The van der Waals surface area contributed by atoms with Gasteiger partial charge in [-0.2, -0.15) is 8.78 Å². The Hall–Kier alpha value is -1.23. The Balaban J connectivity index is 3.06. The summed E-state index contributed by atoms with van der Waals surface area (Å²) in [4.78, 5) is 20.3. The lowest BCUT2D eigenvalue weighted by molar-refractivity contribution is -0.159. The summed E-state index contributed by atoms with van der Waals surface area (Å²) in [6.07, 6.45) is 0. The van der Waals surface area contributed by atoms with E-state index in [0.29, 0.717) is 0 Å². The second-order valence-electron chi connectivity index (χ2n) is 4.11. The van der Waals surface area contributed by atoms with Crippen LogP contribution in [-0.2, 0) is 19.8 Å². The smallest absolute Gasteiger partial charge is 0.289 e. The maximum atomic E-state index is 13.9. The zero-order valence-electron chi connectivity index (χ0n) is 9.76. The van der Waals surface area contributed by atoms with Crippen LogP contribution in [0.1, 0.15) is 19.4 Å². The minimum atomic E-state index is -3.78. The number of hydrogen-bond donors (Lipinski definition) is 1. The third-order valence-corrected chi connectivity index (χ3v) is 2.89. The van der Waals surface area contributed by atoms with Crippen molar-refractivity contribution in [2.45, 2.75) is 25.4 Å². The summed E-state index contributed by atoms with van der Waals surface area (Å²) < 4.78 is 42.6. The highest BCUT2D eigenvalue weighted by atomic mass is 31.1. The number of benzene rings is 1. The molecule has 7 heteroatoms. The largest absolute Gasteiger partial charge is 0.695 e. The zero-order valence-corrected chi connectivity index (χ0v) is 10.7. The topological polar surface area (TPSA) is 63.6 Å². The van der Waals surface area contributed by atoms with E-state index in [0.717, 1.165) is 26.0 Å². The lowest BCUT2D eigenvalue weighted by Crippen LogP contribution is -2.43. The van der Waals surface area contributed by atoms with Crippen molar-refractivity contribution in [3.63, 3.8) is 0 Å². The van der Waals surface area contributed by atoms with E-state index in [4.69, 9.17) is 4.89 Å². The molecule has 0 saturated carbocycles. The Morgan fingerprint density at radius 3 is 2.22 bits per heavy atom. The maximum absolute atomic E-state index is 13.9. The van der Waals surface area contributed by atoms with Crippen LogP contribution in [0.3, 0.4) is 0 Å². The van der Waals surface area contributed by atoms with E-state index in [1.807, 2.05) is 0 Å². The van der Waals surface area contributed by atoms with E-state index in [9.17, 15) is 18.1 Å². The van der Waals surface area contributed by atoms with Crippen LogP contribution >= 0.6 is 8.25 Å². The Morgan fingerprint density at radius 1 is 1.28 bits per heavy atom. The quantitative estimate of drug-likeness (QED) is 0.840. The van der Waals surface area contributed by atoms with Gasteiger partial charge in [-0.15, -0.1) is 9.42 Å². The second-order valence-corrected chi connectivity index (χ2v) is 4.77. The first-order valence-electron chi connectivity index (χ1n) is 5.01. The van der Waals surface area contributed by atoms with Crippen LogP contribution in [0, 0.1) is 0 Å². The van der Waals surface area contributed by atoms with E-state index in [1.165, 1.54) is 18.2 Å². The summed E-state index contributed by atoms with van der Waals surface area (Å²) >= 11 is 0. The molecule has 1 atom stereocenters. The average molecular weight is 277 g/mol. The summed E-state index contributed by atoms with van der Waals surface area (Å²) in [7, 11) is -3.14. The molecule has 0 spiro atoms. The Morgan fingerprint density at radius 2 is 1.78 bits per heavy atom. The van der Waals surface area contributed by atoms with E-state index in [1.54, 1.807) is 0 Å². The summed E-state index contributed by atoms with van der Waals surface area (Å²) in [6.45, 7) is 2.05. The highest BCUT2D eigenvalue weighted by molar-refractivity contribution is 7.32. The molecule has 0 aliphatic carbocycles. The number of alkyl halides is 2. The van der Waals surface area contributed by atoms with Crippen molar-refractivity contribution in [2.24, 2.45) is 0 Å². The van der Waals surface area contributed by atoms with Crippen LogP contribution in [0.5, 0.6) is 0 Å².